The van der Waals surface area contributed by atoms with Crippen LogP contribution in [0.15, 0.2) is 30.5 Å². The number of amides is 1. The zero-order valence-corrected chi connectivity index (χ0v) is 12.5. The fraction of sp³-hybridized carbons (Fsp3) is 0.294. The molecule has 0 unspecified atom stereocenters. The lowest BCUT2D eigenvalue weighted by atomic mass is 10.1. The van der Waals surface area contributed by atoms with E-state index in [1.807, 2.05) is 6.92 Å². The van der Waals surface area contributed by atoms with Gasteiger partial charge in [-0.25, -0.2) is 9.37 Å². The summed E-state index contributed by atoms with van der Waals surface area (Å²) in [6.45, 7) is 1.81. The zero-order chi connectivity index (χ0) is 15.7. The Morgan fingerprint density at radius 1 is 1.36 bits per heavy atom. The number of nitrogens with one attached hydrogen (secondary N) is 1. The second-order valence-electron chi connectivity index (χ2n) is 5.51. The molecule has 1 aliphatic rings. The van der Waals surface area contributed by atoms with Gasteiger partial charge >= 0.3 is 0 Å². The quantitative estimate of drug-likeness (QED) is 0.937. The molecule has 1 heterocycles. The Labute approximate surface area is 128 Å². The minimum atomic E-state index is -0.258. The summed E-state index contributed by atoms with van der Waals surface area (Å²) >= 11 is 0. The van der Waals surface area contributed by atoms with E-state index in [4.69, 9.17) is 4.74 Å². The standard InChI is InChI=1S/C17H17FN2O2/c1-10-9-19-16(22-2)8-13(10)17(21)20-12-5-6-15(18)14(7-12)11-3-4-11/h5-9,11H,3-4H2,1-2H3,(H,20,21). The van der Waals surface area contributed by atoms with Gasteiger partial charge in [0.1, 0.15) is 5.82 Å². The molecule has 0 atom stereocenters. The second-order valence-corrected chi connectivity index (χ2v) is 5.51. The average Bonchev–Trinajstić information content (AvgIpc) is 3.34. The first-order valence-electron chi connectivity index (χ1n) is 7.20. The van der Waals surface area contributed by atoms with Crippen LogP contribution in [0.4, 0.5) is 10.1 Å². The highest BCUT2D eigenvalue weighted by molar-refractivity contribution is 6.05. The Morgan fingerprint density at radius 3 is 2.82 bits per heavy atom. The highest BCUT2D eigenvalue weighted by Crippen LogP contribution is 2.42. The van der Waals surface area contributed by atoms with Crippen LogP contribution < -0.4 is 10.1 Å². The first-order chi connectivity index (χ1) is 10.6. The normalized spacial score (nSPS) is 13.8. The van der Waals surface area contributed by atoms with Crippen molar-refractivity contribution in [2.45, 2.75) is 25.7 Å². The van der Waals surface area contributed by atoms with Crippen molar-refractivity contribution >= 4 is 11.6 Å². The van der Waals surface area contributed by atoms with Crippen LogP contribution in [0.3, 0.4) is 0 Å². The van der Waals surface area contributed by atoms with Crippen molar-refractivity contribution in [3.63, 3.8) is 0 Å². The molecule has 1 aromatic carbocycles. The van der Waals surface area contributed by atoms with Crippen molar-refractivity contribution in [1.82, 2.24) is 4.98 Å². The van der Waals surface area contributed by atoms with Crippen molar-refractivity contribution < 1.29 is 13.9 Å². The molecule has 1 amide bonds. The van der Waals surface area contributed by atoms with E-state index in [0.717, 1.165) is 18.4 Å². The number of carbonyl (C=O) groups excluding carboxylic acids is 1. The molecule has 3 rings (SSSR count). The molecule has 0 saturated heterocycles. The minimum Gasteiger partial charge on any atom is -0.481 e. The van der Waals surface area contributed by atoms with Crippen molar-refractivity contribution in [3.05, 3.63) is 53.0 Å². The average molecular weight is 300 g/mol. The van der Waals surface area contributed by atoms with E-state index >= 15 is 0 Å². The lowest BCUT2D eigenvalue weighted by Crippen LogP contribution is -2.14. The summed E-state index contributed by atoms with van der Waals surface area (Å²) in [6.07, 6.45) is 3.61. The van der Waals surface area contributed by atoms with E-state index in [1.54, 1.807) is 24.4 Å². The molecule has 2 aromatic rings. The molecule has 1 fully saturated rings. The monoisotopic (exact) mass is 300 g/mol. The van der Waals surface area contributed by atoms with Gasteiger partial charge in [0.05, 0.1) is 7.11 Å². The highest BCUT2D eigenvalue weighted by atomic mass is 19.1. The van der Waals surface area contributed by atoms with Crippen molar-refractivity contribution in [3.8, 4) is 5.88 Å². The third-order valence-electron chi connectivity index (χ3n) is 3.80. The van der Waals surface area contributed by atoms with Gasteiger partial charge in [0.15, 0.2) is 0 Å². The van der Waals surface area contributed by atoms with Gasteiger partial charge in [0, 0.05) is 23.5 Å². The number of aryl methyl sites for hydroxylation is 1. The molecule has 22 heavy (non-hydrogen) atoms. The van der Waals surface area contributed by atoms with Crippen molar-refractivity contribution in [1.29, 1.82) is 0 Å². The van der Waals surface area contributed by atoms with Gasteiger partial charge in [-0.05, 0) is 55.0 Å². The number of benzene rings is 1. The van der Waals surface area contributed by atoms with Gasteiger partial charge < -0.3 is 10.1 Å². The van der Waals surface area contributed by atoms with Crippen LogP contribution in [-0.2, 0) is 0 Å². The molecule has 114 valence electrons. The first kappa shape index (κ1) is 14.5. The van der Waals surface area contributed by atoms with Gasteiger partial charge in [-0.1, -0.05) is 0 Å². The molecule has 0 aliphatic heterocycles. The van der Waals surface area contributed by atoms with Crippen LogP contribution >= 0.6 is 0 Å². The van der Waals surface area contributed by atoms with Crippen molar-refractivity contribution in [2.75, 3.05) is 12.4 Å². The van der Waals surface area contributed by atoms with E-state index in [2.05, 4.69) is 10.3 Å². The Bertz CT molecular complexity index is 727. The summed E-state index contributed by atoms with van der Waals surface area (Å²) < 4.78 is 18.8. The molecular weight excluding hydrogens is 283 g/mol. The first-order valence-corrected chi connectivity index (χ1v) is 7.20. The zero-order valence-electron chi connectivity index (χ0n) is 12.5. The minimum absolute atomic E-state index is 0.206. The molecular formula is C17H17FN2O2. The number of nitrogens with zero attached hydrogens (tertiary/aromatic N) is 1. The number of hydrogen-bond donors (Lipinski definition) is 1. The van der Waals surface area contributed by atoms with E-state index in [9.17, 15) is 9.18 Å². The summed E-state index contributed by atoms with van der Waals surface area (Å²) in [5.74, 6) is 0.210. The number of halogens is 1. The van der Waals surface area contributed by atoms with Crippen LogP contribution in [0, 0.1) is 12.7 Å². The number of carbonyl (C=O) groups is 1. The predicted octanol–water partition coefficient (Wildman–Crippen LogP) is 3.67. The second kappa shape index (κ2) is 5.75. The lowest BCUT2D eigenvalue weighted by Gasteiger charge is -2.10. The molecule has 0 spiro atoms. The highest BCUT2D eigenvalue weighted by Gasteiger charge is 2.26. The van der Waals surface area contributed by atoms with Crippen LogP contribution in [0.2, 0.25) is 0 Å². The van der Waals surface area contributed by atoms with E-state index < -0.39 is 0 Å². The number of ether oxygens (including phenoxy) is 1. The summed E-state index contributed by atoms with van der Waals surface area (Å²) in [7, 11) is 1.50. The van der Waals surface area contributed by atoms with Crippen LogP contribution in [-0.4, -0.2) is 18.0 Å². The molecule has 4 nitrogen and oxygen atoms in total. The number of anilines is 1. The molecule has 0 bridgehead atoms. The Balaban J connectivity index is 1.84. The van der Waals surface area contributed by atoms with Gasteiger partial charge in [-0.2, -0.15) is 0 Å². The number of methoxy groups -OCH3 is 1. The third-order valence-corrected chi connectivity index (χ3v) is 3.80. The summed E-state index contributed by atoms with van der Waals surface area (Å²) in [5.41, 5.74) is 2.53. The largest absolute Gasteiger partial charge is 0.481 e. The SMILES string of the molecule is COc1cc(C(=O)Nc2ccc(F)c(C3CC3)c2)c(C)cn1. The van der Waals surface area contributed by atoms with E-state index in [0.29, 0.717) is 28.6 Å². The number of hydrogen-bond acceptors (Lipinski definition) is 3. The maximum absolute atomic E-state index is 13.7. The fourth-order valence-corrected chi connectivity index (χ4v) is 2.39. The Hall–Kier alpha value is -2.43. The van der Waals surface area contributed by atoms with E-state index in [1.165, 1.54) is 13.2 Å². The number of aromatic nitrogens is 1. The van der Waals surface area contributed by atoms with Gasteiger partial charge in [-0.3, -0.25) is 4.79 Å². The smallest absolute Gasteiger partial charge is 0.256 e. The summed E-state index contributed by atoms with van der Waals surface area (Å²) in [4.78, 5) is 16.4. The molecule has 1 aliphatic carbocycles. The van der Waals surface area contributed by atoms with Gasteiger partial charge in [0.2, 0.25) is 5.88 Å². The Morgan fingerprint density at radius 2 is 2.14 bits per heavy atom. The fourth-order valence-electron chi connectivity index (χ4n) is 2.39. The maximum atomic E-state index is 13.7. The molecule has 1 aromatic heterocycles. The Kier molecular flexibility index (Phi) is 3.79. The summed E-state index contributed by atoms with van der Waals surface area (Å²) in [6, 6.07) is 6.30. The van der Waals surface area contributed by atoms with Gasteiger partial charge in [0.25, 0.3) is 5.91 Å². The molecule has 1 saturated carbocycles. The molecule has 1 N–H and O–H groups in total. The predicted molar refractivity (Wildman–Crippen MR) is 81.9 cm³/mol. The van der Waals surface area contributed by atoms with Crippen LogP contribution in [0.25, 0.3) is 0 Å². The third kappa shape index (κ3) is 2.93. The lowest BCUT2D eigenvalue weighted by molar-refractivity contribution is 0.102. The van der Waals surface area contributed by atoms with Crippen LogP contribution in [0.5, 0.6) is 5.88 Å². The van der Waals surface area contributed by atoms with Gasteiger partial charge in [-0.15, -0.1) is 0 Å². The van der Waals surface area contributed by atoms with Crippen molar-refractivity contribution in [2.24, 2.45) is 0 Å². The molecule has 0 radical (unpaired) electrons. The topological polar surface area (TPSA) is 51.2 Å². The summed E-state index contributed by atoms with van der Waals surface area (Å²) in [5, 5.41) is 2.81. The van der Waals surface area contributed by atoms with E-state index in [-0.39, 0.29) is 11.7 Å². The molecule has 5 heteroatoms. The number of rotatable bonds is 4. The maximum Gasteiger partial charge on any atom is 0.256 e. The number of pyridine rings is 1. The van der Waals surface area contributed by atoms with Crippen LogP contribution in [0.1, 0.15) is 40.2 Å².